The number of hydrogen-bond acceptors (Lipinski definition) is 6. The van der Waals surface area contributed by atoms with Crippen molar-refractivity contribution in [2.45, 2.75) is 62.4 Å². The number of halogens is 1. The molecule has 182 valence electrons. The molecule has 2 aromatic heterocycles. The molecule has 3 N–H and O–H groups in total. The lowest BCUT2D eigenvalue weighted by Gasteiger charge is -2.41. The van der Waals surface area contributed by atoms with Gasteiger partial charge in [-0.3, -0.25) is 0 Å². The molecule has 5 atom stereocenters. The van der Waals surface area contributed by atoms with Crippen LogP contribution in [0.2, 0.25) is 5.02 Å². The highest BCUT2D eigenvalue weighted by Crippen LogP contribution is 2.40. The van der Waals surface area contributed by atoms with Crippen LogP contribution in [0.25, 0.3) is 10.9 Å². The molecule has 4 aromatic rings. The Morgan fingerprint density at radius 2 is 1.80 bits per heavy atom. The first-order valence-corrected chi connectivity index (χ1v) is 12.3. The SMILES string of the molecule is O[C@@H]1[C@@H](O)[C@H](n2cc(Cc3ccc(C4CC4)cc3)c3c(Cl)cccc32)O[C@H](Cn2ccnn2)[C@H]1O. The zero-order valence-corrected chi connectivity index (χ0v) is 19.7. The average molecular weight is 495 g/mol. The molecule has 0 bridgehead atoms. The third kappa shape index (κ3) is 4.26. The Labute approximate surface area is 207 Å². The van der Waals surface area contributed by atoms with Crippen LogP contribution in [0.15, 0.2) is 61.1 Å². The fraction of sp³-hybridized carbons (Fsp3) is 0.385. The Morgan fingerprint density at radius 1 is 1.00 bits per heavy atom. The first kappa shape index (κ1) is 22.7. The molecule has 1 saturated heterocycles. The maximum absolute atomic E-state index is 10.9. The van der Waals surface area contributed by atoms with Gasteiger partial charge in [-0.1, -0.05) is 47.1 Å². The number of ether oxygens (including phenoxy) is 1. The molecule has 3 heterocycles. The van der Waals surface area contributed by atoms with E-state index in [4.69, 9.17) is 16.3 Å². The third-order valence-electron chi connectivity index (χ3n) is 7.11. The second-order valence-electron chi connectivity index (χ2n) is 9.55. The minimum absolute atomic E-state index is 0.182. The number of aromatic nitrogens is 4. The van der Waals surface area contributed by atoms with Gasteiger partial charge in [-0.05, 0) is 54.0 Å². The molecule has 2 fully saturated rings. The molecule has 0 spiro atoms. The predicted molar refractivity (Wildman–Crippen MR) is 130 cm³/mol. The highest BCUT2D eigenvalue weighted by molar-refractivity contribution is 6.35. The number of aliphatic hydroxyl groups is 3. The van der Waals surface area contributed by atoms with E-state index in [1.807, 2.05) is 29.0 Å². The van der Waals surface area contributed by atoms with Gasteiger partial charge in [-0.25, -0.2) is 4.68 Å². The summed E-state index contributed by atoms with van der Waals surface area (Å²) in [5, 5.41) is 41.3. The van der Waals surface area contributed by atoms with Gasteiger partial charge in [-0.15, -0.1) is 5.10 Å². The molecule has 0 radical (unpaired) electrons. The fourth-order valence-electron chi connectivity index (χ4n) is 5.06. The van der Waals surface area contributed by atoms with E-state index in [-0.39, 0.29) is 6.54 Å². The van der Waals surface area contributed by atoms with Crippen molar-refractivity contribution in [2.24, 2.45) is 0 Å². The van der Waals surface area contributed by atoms with Crippen LogP contribution in [0.1, 0.15) is 41.7 Å². The molecule has 2 aliphatic rings. The van der Waals surface area contributed by atoms with E-state index in [9.17, 15) is 15.3 Å². The lowest BCUT2D eigenvalue weighted by molar-refractivity contribution is -0.247. The van der Waals surface area contributed by atoms with Gasteiger partial charge in [0.1, 0.15) is 24.4 Å². The Bertz CT molecular complexity index is 1320. The van der Waals surface area contributed by atoms with Crippen LogP contribution >= 0.6 is 11.6 Å². The summed E-state index contributed by atoms with van der Waals surface area (Å²) in [6.45, 7) is 0.182. The molecule has 0 amide bonds. The van der Waals surface area contributed by atoms with Crippen LogP contribution in [0.3, 0.4) is 0 Å². The molecular formula is C26H27ClN4O4. The molecule has 6 rings (SSSR count). The summed E-state index contributed by atoms with van der Waals surface area (Å²) in [5.74, 6) is 0.706. The Morgan fingerprint density at radius 3 is 2.51 bits per heavy atom. The van der Waals surface area contributed by atoms with Gasteiger partial charge < -0.3 is 24.6 Å². The van der Waals surface area contributed by atoms with Gasteiger partial charge in [-0.2, -0.15) is 0 Å². The molecule has 8 nitrogen and oxygen atoms in total. The topological polar surface area (TPSA) is 106 Å². The lowest BCUT2D eigenvalue weighted by atomic mass is 9.97. The number of benzene rings is 2. The van der Waals surface area contributed by atoms with E-state index >= 15 is 0 Å². The Kier molecular flexibility index (Phi) is 5.86. The van der Waals surface area contributed by atoms with Crippen LogP contribution in [0.4, 0.5) is 0 Å². The van der Waals surface area contributed by atoms with Crippen LogP contribution < -0.4 is 0 Å². The van der Waals surface area contributed by atoms with Gasteiger partial charge in [0.2, 0.25) is 0 Å². The van der Waals surface area contributed by atoms with Crippen molar-refractivity contribution in [1.29, 1.82) is 0 Å². The highest BCUT2D eigenvalue weighted by Gasteiger charge is 2.45. The van der Waals surface area contributed by atoms with E-state index in [0.717, 1.165) is 22.0 Å². The van der Waals surface area contributed by atoms with Gasteiger partial charge in [0.15, 0.2) is 6.23 Å². The summed E-state index contributed by atoms with van der Waals surface area (Å²) in [7, 11) is 0. The first-order valence-electron chi connectivity index (χ1n) is 11.9. The number of rotatable bonds is 6. The second kappa shape index (κ2) is 9.04. The molecular weight excluding hydrogens is 468 g/mol. The highest BCUT2D eigenvalue weighted by atomic mass is 35.5. The van der Waals surface area contributed by atoms with Crippen molar-refractivity contribution in [3.8, 4) is 0 Å². The van der Waals surface area contributed by atoms with Crippen molar-refractivity contribution in [1.82, 2.24) is 19.6 Å². The summed E-state index contributed by atoms with van der Waals surface area (Å²) in [5.41, 5.74) is 4.33. The van der Waals surface area contributed by atoms with Crippen molar-refractivity contribution >= 4 is 22.5 Å². The zero-order valence-electron chi connectivity index (χ0n) is 19.0. The van der Waals surface area contributed by atoms with Crippen LogP contribution in [-0.4, -0.2) is 59.3 Å². The zero-order chi connectivity index (χ0) is 24.1. The van der Waals surface area contributed by atoms with Crippen LogP contribution in [-0.2, 0) is 17.7 Å². The van der Waals surface area contributed by atoms with E-state index in [2.05, 4.69) is 34.6 Å². The molecule has 35 heavy (non-hydrogen) atoms. The summed E-state index contributed by atoms with van der Waals surface area (Å²) < 4.78 is 9.51. The van der Waals surface area contributed by atoms with Gasteiger partial charge in [0, 0.05) is 17.8 Å². The standard InChI is InChI=1S/C26H27ClN4O4/c27-19-2-1-3-20-22(19)18(12-15-4-6-16(7-5-15)17-8-9-17)13-31(20)26-25(34)24(33)23(32)21(35-26)14-30-11-10-28-29-30/h1-7,10-11,13,17,21,23-26,32-34H,8-9,12,14H2/t21-,23-,24+,25-,26-/m1/s1. The smallest absolute Gasteiger partial charge is 0.163 e. The minimum atomic E-state index is -1.39. The van der Waals surface area contributed by atoms with Crippen LogP contribution in [0.5, 0.6) is 0 Å². The molecule has 2 aromatic carbocycles. The van der Waals surface area contributed by atoms with Gasteiger partial charge >= 0.3 is 0 Å². The lowest BCUT2D eigenvalue weighted by Crippen LogP contribution is -2.56. The van der Waals surface area contributed by atoms with Gasteiger partial charge in [0.05, 0.1) is 23.3 Å². The minimum Gasteiger partial charge on any atom is -0.388 e. The number of aliphatic hydroxyl groups excluding tert-OH is 3. The number of nitrogens with zero attached hydrogens (tertiary/aromatic N) is 4. The quantitative estimate of drug-likeness (QED) is 0.380. The summed E-state index contributed by atoms with van der Waals surface area (Å²) in [6, 6.07) is 14.3. The normalized spacial score (nSPS) is 26.9. The van der Waals surface area contributed by atoms with E-state index in [1.54, 1.807) is 6.20 Å². The molecule has 9 heteroatoms. The summed E-state index contributed by atoms with van der Waals surface area (Å²) in [6.07, 6.45) is 2.59. The fourth-order valence-corrected chi connectivity index (χ4v) is 5.35. The third-order valence-corrected chi connectivity index (χ3v) is 7.42. The summed E-state index contributed by atoms with van der Waals surface area (Å²) in [4.78, 5) is 0. The van der Waals surface area contributed by atoms with E-state index < -0.39 is 30.6 Å². The molecule has 1 aliphatic carbocycles. The van der Waals surface area contributed by atoms with Crippen molar-refractivity contribution in [2.75, 3.05) is 0 Å². The maximum Gasteiger partial charge on any atom is 0.163 e. The van der Waals surface area contributed by atoms with Crippen molar-refractivity contribution in [3.63, 3.8) is 0 Å². The van der Waals surface area contributed by atoms with Gasteiger partial charge in [0.25, 0.3) is 0 Å². The number of fused-ring (bicyclic) bond motifs is 1. The Balaban J connectivity index is 1.35. The largest absolute Gasteiger partial charge is 0.388 e. The molecule has 0 unspecified atom stereocenters. The maximum atomic E-state index is 10.9. The monoisotopic (exact) mass is 494 g/mol. The van der Waals surface area contributed by atoms with Crippen molar-refractivity contribution in [3.05, 3.63) is 82.8 Å². The number of hydrogen-bond donors (Lipinski definition) is 3. The van der Waals surface area contributed by atoms with Crippen molar-refractivity contribution < 1.29 is 20.1 Å². The summed E-state index contributed by atoms with van der Waals surface area (Å²) >= 11 is 6.64. The first-order chi connectivity index (χ1) is 17.0. The predicted octanol–water partition coefficient (Wildman–Crippen LogP) is 3.03. The van der Waals surface area contributed by atoms with Crippen LogP contribution in [0, 0.1) is 0 Å². The Hall–Kier alpha value is -2.75. The molecule has 1 saturated carbocycles. The average Bonchev–Trinajstić information content (AvgIpc) is 3.46. The second-order valence-corrected chi connectivity index (χ2v) is 9.96. The molecule has 1 aliphatic heterocycles. The van der Waals surface area contributed by atoms with E-state index in [1.165, 1.54) is 29.3 Å². The van der Waals surface area contributed by atoms with E-state index in [0.29, 0.717) is 17.4 Å².